The van der Waals surface area contributed by atoms with Gasteiger partial charge in [-0.2, -0.15) is 5.10 Å². The van der Waals surface area contributed by atoms with Crippen LogP contribution in [0.3, 0.4) is 0 Å². The highest BCUT2D eigenvalue weighted by Gasteiger charge is 2.15. The van der Waals surface area contributed by atoms with Crippen LogP contribution in [0.4, 0.5) is 0 Å². The van der Waals surface area contributed by atoms with Gasteiger partial charge >= 0.3 is 0 Å². The van der Waals surface area contributed by atoms with Crippen molar-refractivity contribution in [3.63, 3.8) is 0 Å². The zero-order valence-electron chi connectivity index (χ0n) is 24.5. The number of hydrogen-bond donors (Lipinski definition) is 4. The Kier molecular flexibility index (Phi) is 9.09. The van der Waals surface area contributed by atoms with Gasteiger partial charge in [0.15, 0.2) is 0 Å². The van der Waals surface area contributed by atoms with Crippen LogP contribution in [-0.4, -0.2) is 38.2 Å². The number of aromatic amines is 2. The Morgan fingerprint density at radius 3 is 2.74 bits per heavy atom. The molecular weight excluding hydrogens is 518 g/mol. The molecule has 7 nitrogen and oxygen atoms in total. The second-order valence-electron chi connectivity index (χ2n) is 10.7. The van der Waals surface area contributed by atoms with Gasteiger partial charge in [0.1, 0.15) is 5.69 Å². The van der Waals surface area contributed by atoms with Crippen molar-refractivity contribution in [1.29, 1.82) is 0 Å². The van der Waals surface area contributed by atoms with E-state index in [0.29, 0.717) is 5.92 Å². The standard InChI is InChI=1S/C35H39N7/c1-6-27(20-29(7-2)39-24(4)19-26-12-16-36-17-13-26)23(3)10-11-31-25(5)34(42-41-31)33-21-30-32(40-33)14-18-38-35(30)28-9-8-15-37-22-28/h6-11,14-15,18,20-22,26,36,39-41H,2,4-5,12-13,16-17,19H2,1,3H3/b23-10+,27-6+,29-20+,31-11+. The first-order valence-electron chi connectivity index (χ1n) is 14.4. The third-order valence-electron chi connectivity index (χ3n) is 7.75. The van der Waals surface area contributed by atoms with Crippen molar-refractivity contribution >= 4 is 23.6 Å². The highest BCUT2D eigenvalue weighted by atomic mass is 15.1. The largest absolute Gasteiger partial charge is 0.359 e. The van der Waals surface area contributed by atoms with Crippen molar-refractivity contribution in [1.82, 2.24) is 35.8 Å². The van der Waals surface area contributed by atoms with E-state index in [1.165, 1.54) is 12.8 Å². The van der Waals surface area contributed by atoms with Crippen LogP contribution in [0.15, 0.2) is 103 Å². The Morgan fingerprint density at radius 2 is 2.00 bits per heavy atom. The molecule has 0 aromatic carbocycles. The highest BCUT2D eigenvalue weighted by Crippen LogP contribution is 2.28. The molecule has 0 aliphatic carbocycles. The Balaban J connectivity index is 1.35. The minimum atomic E-state index is 0.676. The van der Waals surface area contributed by atoms with Crippen molar-refractivity contribution < 1.29 is 0 Å². The predicted octanol–water partition coefficient (Wildman–Crippen LogP) is 5.66. The van der Waals surface area contributed by atoms with Crippen LogP contribution < -0.4 is 21.2 Å². The summed E-state index contributed by atoms with van der Waals surface area (Å²) in [5.74, 6) is 0.676. The van der Waals surface area contributed by atoms with Crippen molar-refractivity contribution in [2.75, 3.05) is 13.1 Å². The van der Waals surface area contributed by atoms with Gasteiger partial charge in [0.2, 0.25) is 0 Å². The number of allylic oxidation sites excluding steroid dienone is 7. The molecule has 214 valence electrons. The van der Waals surface area contributed by atoms with Gasteiger partial charge in [-0.15, -0.1) is 0 Å². The van der Waals surface area contributed by atoms with E-state index in [4.69, 9.17) is 0 Å². The summed E-state index contributed by atoms with van der Waals surface area (Å²) in [5.41, 5.74) is 8.66. The van der Waals surface area contributed by atoms with Gasteiger partial charge in [0, 0.05) is 51.7 Å². The molecular formula is C35H39N7. The van der Waals surface area contributed by atoms with Crippen LogP contribution in [0.2, 0.25) is 0 Å². The van der Waals surface area contributed by atoms with E-state index in [9.17, 15) is 0 Å². The van der Waals surface area contributed by atoms with Crippen molar-refractivity contribution in [3.05, 3.63) is 113 Å². The second kappa shape index (κ2) is 13.3. The molecule has 5 rings (SSSR count). The monoisotopic (exact) mass is 557 g/mol. The van der Waals surface area contributed by atoms with Crippen molar-refractivity contribution in [3.8, 4) is 22.6 Å². The lowest BCUT2D eigenvalue weighted by atomic mass is 9.93. The van der Waals surface area contributed by atoms with Gasteiger partial charge in [-0.25, -0.2) is 0 Å². The lowest BCUT2D eigenvalue weighted by Gasteiger charge is -2.24. The summed E-state index contributed by atoms with van der Waals surface area (Å²) in [7, 11) is 0. The molecule has 0 bridgehead atoms. The van der Waals surface area contributed by atoms with Gasteiger partial charge in [0.25, 0.3) is 0 Å². The number of hydrogen-bond acceptors (Lipinski definition) is 5. The average molecular weight is 558 g/mol. The number of H-pyrrole nitrogens is 2. The molecule has 0 unspecified atom stereocenters. The number of nitrogens with zero attached hydrogens (tertiary/aromatic N) is 3. The zero-order chi connectivity index (χ0) is 29.5. The highest BCUT2D eigenvalue weighted by molar-refractivity contribution is 5.95. The Hall–Kier alpha value is -4.75. The van der Waals surface area contributed by atoms with Crippen LogP contribution in [0.1, 0.15) is 33.1 Å². The van der Waals surface area contributed by atoms with E-state index < -0.39 is 0 Å². The molecule has 0 spiro atoms. The molecule has 0 radical (unpaired) electrons. The van der Waals surface area contributed by atoms with Gasteiger partial charge in [-0.05, 0) is 106 Å². The van der Waals surface area contributed by atoms with E-state index >= 15 is 0 Å². The smallest absolute Gasteiger partial charge is 0.116 e. The van der Waals surface area contributed by atoms with Gasteiger partial charge < -0.3 is 15.6 Å². The fourth-order valence-corrected chi connectivity index (χ4v) is 5.39. The number of pyridine rings is 2. The SMILES string of the molecule is C=C\C(=C/C(=C\C)C(/C)=C/C=c1/[nH]nc(-c2cc3c(-c4cccnc4)nccc3[nH]2)c1=C)NC(=C)CC1CCNCC1. The van der Waals surface area contributed by atoms with Crippen molar-refractivity contribution in [2.24, 2.45) is 5.92 Å². The van der Waals surface area contributed by atoms with E-state index in [0.717, 1.165) is 86.2 Å². The lowest BCUT2D eigenvalue weighted by Crippen LogP contribution is -2.28. The molecule has 4 aromatic rings. The molecule has 5 heterocycles. The quantitative estimate of drug-likeness (QED) is 0.189. The van der Waals surface area contributed by atoms with Gasteiger partial charge in [0.05, 0.1) is 16.7 Å². The molecule has 0 saturated carbocycles. The van der Waals surface area contributed by atoms with Crippen LogP contribution in [0.5, 0.6) is 0 Å². The number of rotatable bonds is 10. The molecule has 1 aliphatic heterocycles. The maximum absolute atomic E-state index is 4.61. The molecule has 1 fully saturated rings. The average Bonchev–Trinajstić information content (AvgIpc) is 3.61. The van der Waals surface area contributed by atoms with Gasteiger partial charge in [-0.1, -0.05) is 31.9 Å². The Labute approximate surface area is 247 Å². The second-order valence-corrected chi connectivity index (χ2v) is 10.7. The normalized spacial score (nSPS) is 15.8. The fourth-order valence-electron chi connectivity index (χ4n) is 5.39. The molecule has 1 aliphatic rings. The molecule has 4 aromatic heterocycles. The Bertz CT molecular complexity index is 1780. The first-order chi connectivity index (χ1) is 20.5. The number of nitrogens with one attached hydrogen (secondary N) is 4. The Morgan fingerprint density at radius 1 is 1.17 bits per heavy atom. The first kappa shape index (κ1) is 28.8. The maximum atomic E-state index is 4.61. The molecule has 0 amide bonds. The summed E-state index contributed by atoms with van der Waals surface area (Å²) in [5, 5.41) is 17.3. The van der Waals surface area contributed by atoms with E-state index in [1.54, 1.807) is 12.4 Å². The number of fused-ring (bicyclic) bond motifs is 1. The van der Waals surface area contributed by atoms with E-state index in [2.05, 4.69) is 86.7 Å². The fraction of sp³-hybridized carbons (Fsp3) is 0.229. The molecule has 4 N–H and O–H groups in total. The minimum absolute atomic E-state index is 0.676. The minimum Gasteiger partial charge on any atom is -0.359 e. The molecule has 1 saturated heterocycles. The third kappa shape index (κ3) is 6.58. The lowest BCUT2D eigenvalue weighted by molar-refractivity contribution is 0.368. The van der Waals surface area contributed by atoms with Crippen LogP contribution in [0, 0.1) is 5.92 Å². The zero-order valence-corrected chi connectivity index (χ0v) is 24.5. The topological polar surface area (TPSA) is 94.3 Å². The first-order valence-corrected chi connectivity index (χ1v) is 14.4. The summed E-state index contributed by atoms with van der Waals surface area (Å²) < 4.78 is 0. The summed E-state index contributed by atoms with van der Waals surface area (Å²) >= 11 is 0. The molecule has 42 heavy (non-hydrogen) atoms. The molecule has 0 atom stereocenters. The van der Waals surface area contributed by atoms with E-state index in [-0.39, 0.29) is 0 Å². The summed E-state index contributed by atoms with van der Waals surface area (Å²) in [6.45, 7) is 18.9. The summed E-state index contributed by atoms with van der Waals surface area (Å²) in [4.78, 5) is 12.3. The number of piperidine rings is 1. The van der Waals surface area contributed by atoms with Gasteiger partial charge in [-0.3, -0.25) is 15.1 Å². The third-order valence-corrected chi connectivity index (χ3v) is 7.75. The van der Waals surface area contributed by atoms with E-state index in [1.807, 2.05) is 43.5 Å². The van der Waals surface area contributed by atoms with Crippen LogP contribution in [0.25, 0.3) is 46.2 Å². The summed E-state index contributed by atoms with van der Waals surface area (Å²) in [6, 6.07) is 7.97. The maximum Gasteiger partial charge on any atom is 0.116 e. The van der Waals surface area contributed by atoms with Crippen LogP contribution >= 0.6 is 0 Å². The molecule has 7 heteroatoms. The number of aromatic nitrogens is 5. The predicted molar refractivity (Wildman–Crippen MR) is 174 cm³/mol. The van der Waals surface area contributed by atoms with Crippen LogP contribution in [-0.2, 0) is 0 Å². The van der Waals surface area contributed by atoms with Crippen molar-refractivity contribution in [2.45, 2.75) is 33.1 Å². The summed E-state index contributed by atoms with van der Waals surface area (Å²) in [6.07, 6.45) is 18.9.